The van der Waals surface area contributed by atoms with Gasteiger partial charge in [0.1, 0.15) is 0 Å². The number of hydrogen-bond donors (Lipinski definition) is 1. The van der Waals surface area contributed by atoms with Crippen LogP contribution in [0.4, 0.5) is 0 Å². The molecule has 6 heteroatoms. The topological polar surface area (TPSA) is 66.8 Å². The van der Waals surface area contributed by atoms with Crippen LogP contribution in [-0.2, 0) is 4.74 Å². The lowest BCUT2D eigenvalue weighted by atomic mass is 10.1. The van der Waals surface area contributed by atoms with E-state index in [1.54, 1.807) is 24.3 Å². The number of hydrogen-bond acceptors (Lipinski definition) is 4. The number of ether oxygens (including phenoxy) is 1. The Morgan fingerprint density at radius 1 is 1.16 bits per heavy atom. The maximum absolute atomic E-state index is 12.3. The number of aliphatic hydroxyl groups is 1. The lowest BCUT2D eigenvalue weighted by molar-refractivity contribution is -0.0359. The van der Waals surface area contributed by atoms with E-state index in [0.717, 1.165) is 0 Å². The van der Waals surface area contributed by atoms with Crippen LogP contribution in [-0.4, -0.2) is 52.0 Å². The van der Waals surface area contributed by atoms with E-state index in [2.05, 4.69) is 15.9 Å². The number of carbonyl (C=O) groups excluding carboxylic acids is 2. The number of amides is 2. The number of imide groups is 1. The van der Waals surface area contributed by atoms with Crippen molar-refractivity contribution in [3.8, 4) is 0 Å². The van der Waals surface area contributed by atoms with E-state index in [4.69, 9.17) is 4.74 Å². The quantitative estimate of drug-likeness (QED) is 0.613. The van der Waals surface area contributed by atoms with Gasteiger partial charge in [-0.05, 0) is 12.1 Å². The Hall–Kier alpha value is -1.24. The Labute approximate surface area is 118 Å². The minimum atomic E-state index is -0.733. The number of fused-ring (bicyclic) bond motifs is 1. The molecule has 3 atom stereocenters. The Balaban J connectivity index is 1.95. The highest BCUT2D eigenvalue weighted by Gasteiger charge is 2.45. The Morgan fingerprint density at radius 3 is 2.32 bits per heavy atom. The van der Waals surface area contributed by atoms with Gasteiger partial charge in [-0.15, -0.1) is 0 Å². The summed E-state index contributed by atoms with van der Waals surface area (Å²) in [7, 11) is 0. The third-order valence-corrected chi connectivity index (χ3v) is 4.69. The minimum Gasteiger partial charge on any atom is -0.389 e. The molecule has 0 radical (unpaired) electrons. The van der Waals surface area contributed by atoms with E-state index in [0.29, 0.717) is 11.1 Å². The second-order valence-corrected chi connectivity index (χ2v) is 5.70. The highest BCUT2D eigenvalue weighted by Crippen LogP contribution is 2.30. The molecule has 1 aromatic rings. The molecular weight excluding hydrogens is 314 g/mol. The molecule has 1 fully saturated rings. The average Bonchev–Trinajstić information content (AvgIpc) is 2.67. The molecule has 0 bridgehead atoms. The second kappa shape index (κ2) is 4.70. The molecule has 1 aromatic carbocycles. The number of benzene rings is 1. The highest BCUT2D eigenvalue weighted by atomic mass is 79.9. The molecule has 2 heterocycles. The molecular formula is C13H12BrNO4. The Morgan fingerprint density at radius 2 is 1.74 bits per heavy atom. The summed E-state index contributed by atoms with van der Waals surface area (Å²) >= 11 is 3.35. The maximum Gasteiger partial charge on any atom is 0.261 e. The van der Waals surface area contributed by atoms with E-state index in [9.17, 15) is 14.7 Å². The van der Waals surface area contributed by atoms with Crippen molar-refractivity contribution in [1.82, 2.24) is 4.90 Å². The number of alkyl halides is 1. The van der Waals surface area contributed by atoms with E-state index >= 15 is 0 Å². The molecule has 100 valence electrons. The zero-order chi connectivity index (χ0) is 13.6. The maximum atomic E-state index is 12.3. The molecule has 1 unspecified atom stereocenters. The largest absolute Gasteiger partial charge is 0.389 e. The highest BCUT2D eigenvalue weighted by molar-refractivity contribution is 9.09. The predicted octanol–water partition coefficient (Wildman–Crippen LogP) is 0.806. The van der Waals surface area contributed by atoms with Crippen LogP contribution in [0, 0.1) is 0 Å². The van der Waals surface area contributed by atoms with Crippen LogP contribution in [0.5, 0.6) is 0 Å². The van der Waals surface area contributed by atoms with Gasteiger partial charge in [-0.2, -0.15) is 0 Å². The average molecular weight is 326 g/mol. The standard InChI is InChI=1S/C13H12BrNO4/c14-11-9(5-19-6-10(11)16)15-12(17)7-3-1-2-4-8(7)13(15)18/h1-4,9-11,16H,5-6H2/t9?,10-,11-/m1/s1. The number of halogens is 1. The first-order chi connectivity index (χ1) is 9.11. The molecule has 1 N–H and O–H groups in total. The van der Waals surface area contributed by atoms with Crippen LogP contribution < -0.4 is 0 Å². The van der Waals surface area contributed by atoms with Crippen LogP contribution in [0.2, 0.25) is 0 Å². The van der Waals surface area contributed by atoms with Crippen molar-refractivity contribution < 1.29 is 19.4 Å². The molecule has 5 nitrogen and oxygen atoms in total. The number of aliphatic hydroxyl groups excluding tert-OH is 1. The van der Waals surface area contributed by atoms with Crippen molar-refractivity contribution in [1.29, 1.82) is 0 Å². The van der Waals surface area contributed by atoms with Gasteiger partial charge < -0.3 is 9.84 Å². The van der Waals surface area contributed by atoms with Gasteiger partial charge in [-0.1, -0.05) is 28.1 Å². The molecule has 0 saturated carbocycles. The summed E-state index contributed by atoms with van der Waals surface area (Å²) in [5.41, 5.74) is 0.819. The Kier molecular flexibility index (Phi) is 3.16. The van der Waals surface area contributed by atoms with Gasteiger partial charge >= 0.3 is 0 Å². The lowest BCUT2D eigenvalue weighted by Crippen LogP contribution is -2.55. The SMILES string of the molecule is O=C1c2ccccc2C(=O)N1C1COC[C@@H](O)[C@@H]1Br. The van der Waals surface area contributed by atoms with Crippen molar-refractivity contribution in [2.24, 2.45) is 0 Å². The molecule has 3 rings (SSSR count). The van der Waals surface area contributed by atoms with E-state index in [1.807, 2.05) is 0 Å². The van der Waals surface area contributed by atoms with Crippen LogP contribution in [0.15, 0.2) is 24.3 Å². The van der Waals surface area contributed by atoms with Crippen molar-refractivity contribution in [3.05, 3.63) is 35.4 Å². The van der Waals surface area contributed by atoms with Crippen LogP contribution in [0.1, 0.15) is 20.7 Å². The van der Waals surface area contributed by atoms with E-state index in [1.165, 1.54) is 4.90 Å². The minimum absolute atomic E-state index is 0.204. The first-order valence-corrected chi connectivity index (χ1v) is 6.89. The van der Waals surface area contributed by atoms with E-state index in [-0.39, 0.29) is 29.9 Å². The predicted molar refractivity (Wildman–Crippen MR) is 70.3 cm³/mol. The van der Waals surface area contributed by atoms with Crippen molar-refractivity contribution >= 4 is 27.7 Å². The Bertz CT molecular complexity index is 512. The summed E-state index contributed by atoms with van der Waals surface area (Å²) in [6, 6.07) is 6.24. The summed E-state index contributed by atoms with van der Waals surface area (Å²) in [6.07, 6.45) is -0.733. The van der Waals surface area contributed by atoms with Gasteiger partial charge in [0.05, 0.1) is 41.3 Å². The summed E-state index contributed by atoms with van der Waals surface area (Å²) in [6.45, 7) is 0.439. The molecule has 2 aliphatic heterocycles. The van der Waals surface area contributed by atoms with Crippen LogP contribution in [0.25, 0.3) is 0 Å². The summed E-state index contributed by atoms with van der Waals surface area (Å²) in [5.74, 6) is -0.652. The zero-order valence-electron chi connectivity index (χ0n) is 9.95. The van der Waals surface area contributed by atoms with Gasteiger partial charge in [0, 0.05) is 0 Å². The summed E-state index contributed by atoms with van der Waals surface area (Å²) in [4.78, 5) is 25.4. The monoisotopic (exact) mass is 325 g/mol. The van der Waals surface area contributed by atoms with Gasteiger partial charge in [0.15, 0.2) is 0 Å². The molecule has 2 amide bonds. The third-order valence-electron chi connectivity index (χ3n) is 3.47. The first-order valence-electron chi connectivity index (χ1n) is 5.98. The van der Waals surface area contributed by atoms with Crippen molar-refractivity contribution in [2.45, 2.75) is 17.0 Å². The number of rotatable bonds is 1. The van der Waals surface area contributed by atoms with Crippen LogP contribution >= 0.6 is 15.9 Å². The molecule has 0 aliphatic carbocycles. The van der Waals surface area contributed by atoms with Gasteiger partial charge in [-0.25, -0.2) is 0 Å². The molecule has 2 aliphatic rings. The van der Waals surface area contributed by atoms with Gasteiger partial charge in [0.25, 0.3) is 11.8 Å². The number of carbonyl (C=O) groups is 2. The summed E-state index contributed by atoms with van der Waals surface area (Å²) in [5, 5.41) is 9.78. The van der Waals surface area contributed by atoms with Crippen molar-refractivity contribution in [3.63, 3.8) is 0 Å². The lowest BCUT2D eigenvalue weighted by Gasteiger charge is -2.36. The van der Waals surface area contributed by atoms with Crippen molar-refractivity contribution in [2.75, 3.05) is 13.2 Å². The van der Waals surface area contributed by atoms with Crippen LogP contribution in [0.3, 0.4) is 0 Å². The third kappa shape index (κ3) is 1.91. The fourth-order valence-electron chi connectivity index (χ4n) is 2.48. The molecule has 19 heavy (non-hydrogen) atoms. The number of nitrogens with zero attached hydrogens (tertiary/aromatic N) is 1. The molecule has 0 aromatic heterocycles. The molecule has 0 spiro atoms. The smallest absolute Gasteiger partial charge is 0.261 e. The summed E-state index contributed by atoms with van der Waals surface area (Å²) < 4.78 is 5.25. The fraction of sp³-hybridized carbons (Fsp3) is 0.385. The first kappa shape index (κ1) is 12.8. The molecule has 1 saturated heterocycles. The van der Waals surface area contributed by atoms with Gasteiger partial charge in [-0.3, -0.25) is 14.5 Å². The van der Waals surface area contributed by atoms with Gasteiger partial charge in [0.2, 0.25) is 0 Å². The normalized spacial score (nSPS) is 30.6. The fourth-order valence-corrected chi connectivity index (χ4v) is 3.02. The van der Waals surface area contributed by atoms with E-state index < -0.39 is 12.1 Å². The second-order valence-electron chi connectivity index (χ2n) is 4.64. The zero-order valence-corrected chi connectivity index (χ0v) is 11.5.